The summed E-state index contributed by atoms with van der Waals surface area (Å²) >= 11 is 0. The lowest BCUT2D eigenvalue weighted by atomic mass is 10.1. The minimum atomic E-state index is -0.0768. The van der Waals surface area contributed by atoms with Gasteiger partial charge in [-0.15, -0.1) is 0 Å². The number of nitrogens with one attached hydrogen (secondary N) is 1. The summed E-state index contributed by atoms with van der Waals surface area (Å²) < 4.78 is 16.9. The van der Waals surface area contributed by atoms with Crippen molar-refractivity contribution in [3.8, 4) is 17.2 Å². The van der Waals surface area contributed by atoms with Crippen LogP contribution in [0.5, 0.6) is 17.2 Å². The zero-order valence-electron chi connectivity index (χ0n) is 14.6. The Kier molecular flexibility index (Phi) is 5.43. The van der Waals surface area contributed by atoms with E-state index >= 15 is 0 Å². The molecule has 0 bridgehead atoms. The van der Waals surface area contributed by atoms with Gasteiger partial charge in [-0.05, 0) is 55.8 Å². The average molecular weight is 341 g/mol. The van der Waals surface area contributed by atoms with Gasteiger partial charge >= 0.3 is 0 Å². The second-order valence-electron chi connectivity index (χ2n) is 6.25. The molecule has 2 aromatic carbocycles. The first-order valence-corrected chi connectivity index (χ1v) is 8.55. The zero-order valence-corrected chi connectivity index (χ0v) is 14.6. The molecule has 132 valence electrons. The topological polar surface area (TPSA) is 56.8 Å². The molecule has 3 rings (SSSR count). The third-order valence-corrected chi connectivity index (χ3v) is 3.69. The van der Waals surface area contributed by atoms with Gasteiger partial charge in [0.15, 0.2) is 11.5 Å². The number of carbonyl (C=O) groups is 1. The summed E-state index contributed by atoms with van der Waals surface area (Å²) in [6, 6.07) is 13.0. The fourth-order valence-electron chi connectivity index (χ4n) is 2.60. The van der Waals surface area contributed by atoms with Gasteiger partial charge in [-0.2, -0.15) is 0 Å². The normalized spacial score (nSPS) is 13.2. The maximum Gasteiger partial charge on any atom is 0.228 e. The highest BCUT2D eigenvalue weighted by atomic mass is 16.5. The number of ether oxygens (including phenoxy) is 3. The summed E-state index contributed by atoms with van der Waals surface area (Å²) in [5.41, 5.74) is 1.64. The highest BCUT2D eigenvalue weighted by Gasteiger charge is 2.12. The highest BCUT2D eigenvalue weighted by molar-refractivity contribution is 5.92. The van der Waals surface area contributed by atoms with Gasteiger partial charge in [0.25, 0.3) is 0 Å². The number of anilines is 1. The Morgan fingerprint density at radius 2 is 1.80 bits per heavy atom. The van der Waals surface area contributed by atoms with Crippen molar-refractivity contribution in [3.63, 3.8) is 0 Å². The van der Waals surface area contributed by atoms with Crippen molar-refractivity contribution in [1.29, 1.82) is 0 Å². The molecule has 1 heterocycles. The molecule has 0 atom stereocenters. The maximum atomic E-state index is 12.3. The lowest BCUT2D eigenvalue weighted by Crippen LogP contribution is -2.14. The Balaban J connectivity index is 1.60. The van der Waals surface area contributed by atoms with Gasteiger partial charge in [-0.1, -0.05) is 6.07 Å². The molecule has 5 nitrogen and oxygen atoms in total. The quantitative estimate of drug-likeness (QED) is 0.898. The van der Waals surface area contributed by atoms with Gasteiger partial charge in [0, 0.05) is 12.1 Å². The van der Waals surface area contributed by atoms with Crippen molar-refractivity contribution in [2.45, 2.75) is 32.8 Å². The van der Waals surface area contributed by atoms with Crippen LogP contribution < -0.4 is 19.5 Å². The predicted octanol–water partition coefficient (Wildman–Crippen LogP) is 3.82. The van der Waals surface area contributed by atoms with E-state index in [-0.39, 0.29) is 18.4 Å². The molecule has 0 saturated heterocycles. The van der Waals surface area contributed by atoms with Crippen LogP contribution in [-0.4, -0.2) is 25.2 Å². The van der Waals surface area contributed by atoms with Crippen LogP contribution in [0.3, 0.4) is 0 Å². The predicted molar refractivity (Wildman–Crippen MR) is 96.6 cm³/mol. The molecule has 0 saturated carbocycles. The van der Waals surface area contributed by atoms with Crippen LogP contribution in [0.1, 0.15) is 25.8 Å². The number of rotatable bonds is 5. The van der Waals surface area contributed by atoms with Gasteiger partial charge in [0.2, 0.25) is 5.91 Å². The summed E-state index contributed by atoms with van der Waals surface area (Å²) in [6.45, 7) is 5.24. The first kappa shape index (κ1) is 17.1. The SMILES string of the molecule is CC(C)Oc1ccc(NC(=O)Cc2ccc3c(c2)OCCCO3)cc1. The van der Waals surface area contributed by atoms with Crippen LogP contribution in [0.15, 0.2) is 42.5 Å². The van der Waals surface area contributed by atoms with Crippen molar-refractivity contribution < 1.29 is 19.0 Å². The standard InChI is InChI=1S/C20H23NO4/c1-14(2)25-17-7-5-16(6-8-17)21-20(22)13-15-4-9-18-19(12-15)24-11-3-10-23-18/h4-9,12,14H,3,10-11,13H2,1-2H3,(H,21,22). The van der Waals surface area contributed by atoms with E-state index in [9.17, 15) is 4.79 Å². The van der Waals surface area contributed by atoms with Crippen molar-refractivity contribution >= 4 is 11.6 Å². The van der Waals surface area contributed by atoms with Crippen LogP contribution in [0, 0.1) is 0 Å². The molecule has 25 heavy (non-hydrogen) atoms. The van der Waals surface area contributed by atoms with Crippen LogP contribution in [0.4, 0.5) is 5.69 Å². The highest BCUT2D eigenvalue weighted by Crippen LogP contribution is 2.30. The fourth-order valence-corrected chi connectivity index (χ4v) is 2.60. The number of hydrogen-bond donors (Lipinski definition) is 1. The van der Waals surface area contributed by atoms with E-state index in [1.54, 1.807) is 0 Å². The first-order valence-electron chi connectivity index (χ1n) is 8.55. The molecule has 5 heteroatoms. The second kappa shape index (κ2) is 7.92. The minimum Gasteiger partial charge on any atom is -0.491 e. The number of carbonyl (C=O) groups excluding carboxylic acids is 1. The third-order valence-electron chi connectivity index (χ3n) is 3.69. The molecular formula is C20H23NO4. The first-order chi connectivity index (χ1) is 12.1. The van der Waals surface area contributed by atoms with Gasteiger partial charge in [0.1, 0.15) is 5.75 Å². The smallest absolute Gasteiger partial charge is 0.228 e. The van der Waals surface area contributed by atoms with Crippen LogP contribution in [0.2, 0.25) is 0 Å². The summed E-state index contributed by atoms with van der Waals surface area (Å²) in [5.74, 6) is 2.16. The molecule has 0 radical (unpaired) electrons. The molecular weight excluding hydrogens is 318 g/mol. The Labute approximate surface area is 147 Å². The monoisotopic (exact) mass is 341 g/mol. The summed E-state index contributed by atoms with van der Waals surface area (Å²) in [4.78, 5) is 12.3. The summed E-state index contributed by atoms with van der Waals surface area (Å²) in [5, 5.41) is 2.90. The molecule has 0 spiro atoms. The number of benzene rings is 2. The molecule has 1 aliphatic heterocycles. The van der Waals surface area contributed by atoms with E-state index in [4.69, 9.17) is 14.2 Å². The lowest BCUT2D eigenvalue weighted by molar-refractivity contribution is -0.115. The van der Waals surface area contributed by atoms with E-state index in [2.05, 4.69) is 5.32 Å². The van der Waals surface area contributed by atoms with E-state index in [1.807, 2.05) is 56.3 Å². The maximum absolute atomic E-state index is 12.3. The van der Waals surface area contributed by atoms with Gasteiger partial charge in [-0.3, -0.25) is 4.79 Å². The number of hydrogen-bond acceptors (Lipinski definition) is 4. The van der Waals surface area contributed by atoms with Crippen LogP contribution >= 0.6 is 0 Å². The van der Waals surface area contributed by atoms with Gasteiger partial charge in [0.05, 0.1) is 25.7 Å². The Hall–Kier alpha value is -2.69. The molecule has 0 unspecified atom stereocenters. The molecule has 1 aliphatic rings. The zero-order chi connectivity index (χ0) is 17.6. The van der Waals surface area contributed by atoms with Gasteiger partial charge < -0.3 is 19.5 Å². The largest absolute Gasteiger partial charge is 0.491 e. The molecule has 1 amide bonds. The summed E-state index contributed by atoms with van der Waals surface area (Å²) in [6.07, 6.45) is 1.27. The van der Waals surface area contributed by atoms with E-state index < -0.39 is 0 Å². The molecule has 2 aromatic rings. The Bertz CT molecular complexity index is 725. The Morgan fingerprint density at radius 3 is 2.52 bits per heavy atom. The van der Waals surface area contributed by atoms with Crippen molar-refractivity contribution in [2.24, 2.45) is 0 Å². The molecule has 0 fully saturated rings. The molecule has 0 aromatic heterocycles. The fraction of sp³-hybridized carbons (Fsp3) is 0.350. The Morgan fingerprint density at radius 1 is 1.08 bits per heavy atom. The summed E-state index contributed by atoms with van der Waals surface area (Å²) in [7, 11) is 0. The van der Waals surface area contributed by atoms with Crippen molar-refractivity contribution in [3.05, 3.63) is 48.0 Å². The van der Waals surface area contributed by atoms with E-state index in [0.29, 0.717) is 19.0 Å². The average Bonchev–Trinajstić information content (AvgIpc) is 2.81. The van der Waals surface area contributed by atoms with E-state index in [0.717, 1.165) is 29.2 Å². The number of fused-ring (bicyclic) bond motifs is 1. The second-order valence-corrected chi connectivity index (χ2v) is 6.25. The van der Waals surface area contributed by atoms with Crippen LogP contribution in [0.25, 0.3) is 0 Å². The van der Waals surface area contributed by atoms with Gasteiger partial charge in [-0.25, -0.2) is 0 Å². The lowest BCUT2D eigenvalue weighted by Gasteiger charge is -2.11. The van der Waals surface area contributed by atoms with Crippen molar-refractivity contribution in [1.82, 2.24) is 0 Å². The van der Waals surface area contributed by atoms with E-state index in [1.165, 1.54) is 0 Å². The third kappa shape index (κ3) is 4.89. The number of amides is 1. The van der Waals surface area contributed by atoms with Crippen LogP contribution in [-0.2, 0) is 11.2 Å². The molecule has 0 aliphatic carbocycles. The molecule has 1 N–H and O–H groups in total. The van der Waals surface area contributed by atoms with Crippen molar-refractivity contribution in [2.75, 3.05) is 18.5 Å². The minimum absolute atomic E-state index is 0.0768.